The second-order valence-electron chi connectivity index (χ2n) is 3.39. The molecule has 88 valence electrons. The summed E-state index contributed by atoms with van der Waals surface area (Å²) in [5.41, 5.74) is 0.365. The molecule has 0 aliphatic carbocycles. The molecule has 0 unspecified atom stereocenters. The van der Waals surface area contributed by atoms with Crippen molar-refractivity contribution in [2.75, 3.05) is 17.7 Å². The molecule has 0 radical (unpaired) electrons. The van der Waals surface area contributed by atoms with Crippen LogP contribution in [0.15, 0.2) is 24.4 Å². The number of amides is 1. The number of rotatable bonds is 3. The average Bonchev–Trinajstić information content (AvgIpc) is 2.75. The molecule has 2 heterocycles. The van der Waals surface area contributed by atoms with Crippen LogP contribution in [0.3, 0.4) is 0 Å². The summed E-state index contributed by atoms with van der Waals surface area (Å²) in [7, 11) is 1.76. The zero-order valence-electron chi connectivity index (χ0n) is 9.52. The summed E-state index contributed by atoms with van der Waals surface area (Å²) in [6, 6.07) is 5.24. The van der Waals surface area contributed by atoms with E-state index in [4.69, 9.17) is 0 Å². The maximum Gasteiger partial charge on any atom is 0.276 e. The van der Waals surface area contributed by atoms with Crippen LogP contribution in [0.2, 0.25) is 0 Å². The van der Waals surface area contributed by atoms with E-state index in [1.165, 1.54) is 11.3 Å². The topological polar surface area (TPSA) is 66.9 Å². The van der Waals surface area contributed by atoms with E-state index in [0.717, 1.165) is 4.88 Å². The zero-order valence-corrected chi connectivity index (χ0v) is 10.3. The number of hydrogen-bond donors (Lipinski definition) is 2. The highest BCUT2D eigenvalue weighted by molar-refractivity contribution is 7.15. The van der Waals surface area contributed by atoms with Crippen LogP contribution in [-0.4, -0.2) is 22.9 Å². The van der Waals surface area contributed by atoms with Crippen molar-refractivity contribution in [3.8, 4) is 0 Å². The van der Waals surface area contributed by atoms with Gasteiger partial charge >= 0.3 is 0 Å². The third-order valence-corrected chi connectivity index (χ3v) is 2.91. The number of nitrogens with zero attached hydrogens (tertiary/aromatic N) is 2. The Morgan fingerprint density at radius 3 is 2.88 bits per heavy atom. The van der Waals surface area contributed by atoms with E-state index in [1.807, 2.05) is 6.92 Å². The summed E-state index contributed by atoms with van der Waals surface area (Å²) in [4.78, 5) is 21.1. The molecule has 0 aromatic carbocycles. The monoisotopic (exact) mass is 248 g/mol. The molecule has 17 heavy (non-hydrogen) atoms. The van der Waals surface area contributed by atoms with Crippen LogP contribution >= 0.6 is 11.3 Å². The van der Waals surface area contributed by atoms with E-state index in [0.29, 0.717) is 16.6 Å². The fourth-order valence-corrected chi connectivity index (χ4v) is 1.93. The molecule has 0 fully saturated rings. The smallest absolute Gasteiger partial charge is 0.276 e. The average molecular weight is 248 g/mol. The van der Waals surface area contributed by atoms with E-state index >= 15 is 0 Å². The number of anilines is 2. The number of pyridine rings is 1. The largest absolute Gasteiger partial charge is 0.373 e. The highest BCUT2D eigenvalue weighted by atomic mass is 32.1. The lowest BCUT2D eigenvalue weighted by Gasteiger charge is -2.03. The Balaban J connectivity index is 2.14. The third kappa shape index (κ3) is 2.79. The fourth-order valence-electron chi connectivity index (χ4n) is 1.27. The fraction of sp³-hybridized carbons (Fsp3) is 0.182. The Morgan fingerprint density at radius 1 is 1.41 bits per heavy atom. The van der Waals surface area contributed by atoms with Gasteiger partial charge < -0.3 is 5.32 Å². The minimum Gasteiger partial charge on any atom is -0.373 e. The lowest BCUT2D eigenvalue weighted by Crippen LogP contribution is -2.13. The first-order chi connectivity index (χ1) is 8.19. The number of carbonyl (C=O) groups excluding carboxylic acids is 1. The highest BCUT2D eigenvalue weighted by Gasteiger charge is 2.09. The van der Waals surface area contributed by atoms with Crippen LogP contribution in [0, 0.1) is 6.92 Å². The van der Waals surface area contributed by atoms with E-state index < -0.39 is 0 Å². The van der Waals surface area contributed by atoms with Gasteiger partial charge in [-0.2, -0.15) is 0 Å². The molecule has 0 aliphatic rings. The summed E-state index contributed by atoms with van der Waals surface area (Å²) in [6.45, 7) is 1.94. The second-order valence-corrected chi connectivity index (χ2v) is 4.62. The summed E-state index contributed by atoms with van der Waals surface area (Å²) < 4.78 is 0. The Hall–Kier alpha value is -1.95. The zero-order chi connectivity index (χ0) is 12.3. The van der Waals surface area contributed by atoms with Gasteiger partial charge in [0.05, 0.1) is 0 Å². The molecule has 2 aromatic rings. The van der Waals surface area contributed by atoms with Gasteiger partial charge in [-0.15, -0.1) is 11.3 Å². The summed E-state index contributed by atoms with van der Waals surface area (Å²) in [6.07, 6.45) is 1.72. The number of carbonyl (C=O) groups is 1. The molecule has 2 rings (SSSR count). The van der Waals surface area contributed by atoms with Gasteiger partial charge in [-0.3, -0.25) is 10.1 Å². The maximum absolute atomic E-state index is 11.9. The van der Waals surface area contributed by atoms with E-state index in [-0.39, 0.29) is 5.91 Å². The molecule has 0 spiro atoms. The van der Waals surface area contributed by atoms with Crippen LogP contribution in [-0.2, 0) is 0 Å². The minimum atomic E-state index is -0.253. The van der Waals surface area contributed by atoms with Gasteiger partial charge in [-0.1, -0.05) is 6.07 Å². The Labute approximate surface area is 103 Å². The SMILES string of the molecule is CNc1cccc(C(=O)Nc2ncc(C)s2)n1. The first kappa shape index (κ1) is 11.5. The van der Waals surface area contributed by atoms with Crippen molar-refractivity contribution < 1.29 is 4.79 Å². The van der Waals surface area contributed by atoms with Gasteiger partial charge in [-0.25, -0.2) is 9.97 Å². The van der Waals surface area contributed by atoms with Crippen molar-refractivity contribution in [1.29, 1.82) is 0 Å². The Morgan fingerprint density at radius 2 is 2.24 bits per heavy atom. The first-order valence-corrected chi connectivity index (χ1v) is 5.89. The highest BCUT2D eigenvalue weighted by Crippen LogP contribution is 2.17. The van der Waals surface area contributed by atoms with Gasteiger partial charge in [0, 0.05) is 18.1 Å². The summed E-state index contributed by atoms with van der Waals surface area (Å²) in [5.74, 6) is 0.407. The number of thiazole rings is 1. The van der Waals surface area contributed by atoms with Crippen molar-refractivity contribution in [2.24, 2.45) is 0 Å². The second kappa shape index (κ2) is 4.92. The number of aryl methyl sites for hydroxylation is 1. The summed E-state index contributed by atoms with van der Waals surface area (Å²) >= 11 is 1.43. The van der Waals surface area contributed by atoms with Crippen LogP contribution < -0.4 is 10.6 Å². The molecular weight excluding hydrogens is 236 g/mol. The molecule has 2 N–H and O–H groups in total. The van der Waals surface area contributed by atoms with Crippen molar-refractivity contribution in [3.05, 3.63) is 35.0 Å². The van der Waals surface area contributed by atoms with Crippen molar-refractivity contribution >= 4 is 28.2 Å². The molecule has 2 aromatic heterocycles. The van der Waals surface area contributed by atoms with E-state index in [9.17, 15) is 4.79 Å². The molecule has 5 nitrogen and oxygen atoms in total. The standard InChI is InChI=1S/C11H12N4OS/c1-7-6-13-11(17-7)15-10(16)8-4-3-5-9(12-2)14-8/h3-6H,1-2H3,(H,12,14)(H,13,15,16). The van der Waals surface area contributed by atoms with Gasteiger partial charge in [0.15, 0.2) is 5.13 Å². The molecule has 0 aliphatic heterocycles. The Kier molecular flexibility index (Phi) is 3.34. The minimum absolute atomic E-state index is 0.253. The molecular formula is C11H12N4OS. The van der Waals surface area contributed by atoms with Crippen LogP contribution in [0.1, 0.15) is 15.4 Å². The van der Waals surface area contributed by atoms with Crippen LogP contribution in [0.5, 0.6) is 0 Å². The summed E-state index contributed by atoms with van der Waals surface area (Å²) in [5, 5.41) is 6.18. The van der Waals surface area contributed by atoms with Gasteiger partial charge in [0.2, 0.25) is 0 Å². The lowest BCUT2D eigenvalue weighted by atomic mass is 10.3. The Bertz CT molecular complexity index is 538. The molecule has 0 atom stereocenters. The molecule has 0 saturated carbocycles. The quantitative estimate of drug-likeness (QED) is 0.873. The van der Waals surface area contributed by atoms with Gasteiger partial charge in [-0.05, 0) is 19.1 Å². The molecule has 0 saturated heterocycles. The third-order valence-electron chi connectivity index (χ3n) is 2.08. The van der Waals surface area contributed by atoms with Gasteiger partial charge in [0.25, 0.3) is 5.91 Å². The van der Waals surface area contributed by atoms with E-state index in [2.05, 4.69) is 20.6 Å². The maximum atomic E-state index is 11.9. The lowest BCUT2D eigenvalue weighted by molar-refractivity contribution is 0.102. The molecule has 1 amide bonds. The normalized spacial score (nSPS) is 10.0. The van der Waals surface area contributed by atoms with Crippen molar-refractivity contribution in [2.45, 2.75) is 6.92 Å². The van der Waals surface area contributed by atoms with Crippen LogP contribution in [0.4, 0.5) is 10.9 Å². The predicted octanol–water partition coefficient (Wildman–Crippen LogP) is 2.14. The first-order valence-electron chi connectivity index (χ1n) is 5.07. The molecule has 0 bridgehead atoms. The van der Waals surface area contributed by atoms with Gasteiger partial charge in [0.1, 0.15) is 11.5 Å². The van der Waals surface area contributed by atoms with Crippen molar-refractivity contribution in [1.82, 2.24) is 9.97 Å². The van der Waals surface area contributed by atoms with E-state index in [1.54, 1.807) is 31.4 Å². The number of aromatic nitrogens is 2. The number of nitrogens with one attached hydrogen (secondary N) is 2. The predicted molar refractivity (Wildman–Crippen MR) is 68.6 cm³/mol. The molecule has 6 heteroatoms. The van der Waals surface area contributed by atoms with Crippen molar-refractivity contribution in [3.63, 3.8) is 0 Å². The number of hydrogen-bond acceptors (Lipinski definition) is 5. The van der Waals surface area contributed by atoms with Crippen LogP contribution in [0.25, 0.3) is 0 Å².